The van der Waals surface area contributed by atoms with E-state index in [-0.39, 0.29) is 0 Å². The number of ether oxygens (including phenoxy) is 1. The summed E-state index contributed by atoms with van der Waals surface area (Å²) in [5.41, 5.74) is 1.24. The van der Waals surface area contributed by atoms with E-state index >= 15 is 0 Å². The van der Waals surface area contributed by atoms with Gasteiger partial charge in [0.15, 0.2) is 0 Å². The molecule has 0 aliphatic heterocycles. The molecule has 0 spiro atoms. The number of hydrogen-bond donors (Lipinski definition) is 0. The predicted octanol–water partition coefficient (Wildman–Crippen LogP) is 4.56. The first-order chi connectivity index (χ1) is 10.9. The van der Waals surface area contributed by atoms with Crippen LogP contribution in [0.15, 0.2) is 41.9 Å². The zero-order chi connectivity index (χ0) is 16.6. The third-order valence-corrected chi connectivity index (χ3v) is 4.46. The topological polar surface area (TPSA) is 31.2 Å². The number of benzene rings is 1. The molecule has 0 aliphatic carbocycles. The normalized spacial score (nSPS) is 11.8. The Labute approximate surface area is 133 Å². The first kappa shape index (κ1) is 15.6. The number of aromatic nitrogens is 1. The second-order valence-electron chi connectivity index (χ2n) is 4.99. The van der Waals surface area contributed by atoms with Crippen LogP contribution in [0.1, 0.15) is 21.5 Å². The fraction of sp³-hybridized carbons (Fsp3) is 0.188. The van der Waals surface area contributed by atoms with E-state index in [9.17, 15) is 18.0 Å². The van der Waals surface area contributed by atoms with Crippen molar-refractivity contribution in [2.75, 3.05) is 7.11 Å². The Kier molecular flexibility index (Phi) is 3.89. The van der Waals surface area contributed by atoms with Crippen molar-refractivity contribution in [1.82, 2.24) is 4.57 Å². The second-order valence-corrected chi connectivity index (χ2v) is 5.90. The maximum Gasteiger partial charge on any atom is 0.416 e. The van der Waals surface area contributed by atoms with Gasteiger partial charge in [-0.3, -0.25) is 0 Å². The Morgan fingerprint density at radius 2 is 1.91 bits per heavy atom. The Balaban J connectivity index is 1.93. The standard InChI is InChI=1S/C16H12F3NO2S/c1-22-15(21)12-9-23-13-6-7-20(14(12)13)8-10-2-4-11(5-3-10)16(17,18)19/h2-7,9H,8H2,1H3. The molecule has 3 rings (SSSR count). The van der Waals surface area contributed by atoms with Gasteiger partial charge in [-0.25, -0.2) is 4.79 Å². The fourth-order valence-electron chi connectivity index (χ4n) is 2.40. The Morgan fingerprint density at radius 1 is 1.22 bits per heavy atom. The van der Waals surface area contributed by atoms with Crippen LogP contribution in [0.5, 0.6) is 0 Å². The molecule has 0 saturated heterocycles. The van der Waals surface area contributed by atoms with Crippen LogP contribution in [0.2, 0.25) is 0 Å². The van der Waals surface area contributed by atoms with Crippen LogP contribution in [0.25, 0.3) is 10.2 Å². The number of esters is 1. The van der Waals surface area contributed by atoms with E-state index in [0.717, 1.165) is 27.9 Å². The highest BCUT2D eigenvalue weighted by Gasteiger charge is 2.29. The van der Waals surface area contributed by atoms with Gasteiger partial charge in [0, 0.05) is 18.1 Å². The van der Waals surface area contributed by atoms with Crippen LogP contribution in [0, 0.1) is 0 Å². The van der Waals surface area contributed by atoms with Gasteiger partial charge < -0.3 is 9.30 Å². The third-order valence-electron chi connectivity index (χ3n) is 3.52. The fourth-order valence-corrected chi connectivity index (χ4v) is 3.33. The van der Waals surface area contributed by atoms with E-state index < -0.39 is 17.7 Å². The summed E-state index contributed by atoms with van der Waals surface area (Å²) in [4.78, 5) is 11.8. The molecule has 0 atom stereocenters. The van der Waals surface area contributed by atoms with Crippen LogP contribution in [0.3, 0.4) is 0 Å². The minimum atomic E-state index is -4.34. The van der Waals surface area contributed by atoms with Crippen molar-refractivity contribution >= 4 is 27.5 Å². The highest BCUT2D eigenvalue weighted by molar-refractivity contribution is 7.17. The van der Waals surface area contributed by atoms with E-state index in [1.807, 2.05) is 16.8 Å². The molecule has 0 unspecified atom stereocenters. The van der Waals surface area contributed by atoms with Crippen molar-refractivity contribution in [3.05, 3.63) is 58.6 Å². The summed E-state index contributed by atoms with van der Waals surface area (Å²) in [6.07, 6.45) is -2.53. The van der Waals surface area contributed by atoms with Crippen LogP contribution in [-0.4, -0.2) is 17.6 Å². The molecule has 7 heteroatoms. The first-order valence-electron chi connectivity index (χ1n) is 6.71. The largest absolute Gasteiger partial charge is 0.465 e. The van der Waals surface area contributed by atoms with Gasteiger partial charge in [0.2, 0.25) is 0 Å². The molecule has 0 radical (unpaired) electrons. The molecule has 3 nitrogen and oxygen atoms in total. The molecular weight excluding hydrogens is 327 g/mol. The van der Waals surface area contributed by atoms with Crippen LogP contribution in [-0.2, 0) is 17.5 Å². The van der Waals surface area contributed by atoms with Gasteiger partial charge in [-0.15, -0.1) is 11.3 Å². The third kappa shape index (κ3) is 2.96. The Bertz CT molecular complexity index is 846. The predicted molar refractivity (Wildman–Crippen MR) is 81.7 cm³/mol. The maximum atomic E-state index is 12.6. The van der Waals surface area contributed by atoms with Crippen molar-refractivity contribution in [3.8, 4) is 0 Å². The number of alkyl halides is 3. The quantitative estimate of drug-likeness (QED) is 0.655. The van der Waals surface area contributed by atoms with E-state index in [1.165, 1.54) is 30.6 Å². The van der Waals surface area contributed by atoms with Gasteiger partial charge in [-0.1, -0.05) is 12.1 Å². The minimum absolute atomic E-state index is 0.377. The lowest BCUT2D eigenvalue weighted by Crippen LogP contribution is -2.06. The monoisotopic (exact) mass is 339 g/mol. The summed E-state index contributed by atoms with van der Waals surface area (Å²) in [6.45, 7) is 0.377. The van der Waals surface area contributed by atoms with Gasteiger partial charge >= 0.3 is 12.1 Å². The van der Waals surface area contributed by atoms with Crippen molar-refractivity contribution in [2.45, 2.75) is 12.7 Å². The highest BCUT2D eigenvalue weighted by Crippen LogP contribution is 2.30. The lowest BCUT2D eigenvalue weighted by molar-refractivity contribution is -0.137. The van der Waals surface area contributed by atoms with E-state index in [0.29, 0.717) is 12.1 Å². The number of methoxy groups -OCH3 is 1. The van der Waals surface area contributed by atoms with E-state index in [1.54, 1.807) is 5.38 Å². The summed E-state index contributed by atoms with van der Waals surface area (Å²) in [5.74, 6) is -0.427. The molecule has 2 heterocycles. The summed E-state index contributed by atoms with van der Waals surface area (Å²) >= 11 is 1.42. The smallest absolute Gasteiger partial charge is 0.416 e. The average Bonchev–Trinajstić information content (AvgIpc) is 3.09. The number of rotatable bonds is 3. The minimum Gasteiger partial charge on any atom is -0.465 e. The van der Waals surface area contributed by atoms with Crippen molar-refractivity contribution < 1.29 is 22.7 Å². The van der Waals surface area contributed by atoms with Gasteiger partial charge in [0.05, 0.1) is 28.5 Å². The number of halogens is 3. The molecule has 2 aromatic heterocycles. The Morgan fingerprint density at radius 3 is 2.52 bits per heavy atom. The summed E-state index contributed by atoms with van der Waals surface area (Å²) in [7, 11) is 1.31. The van der Waals surface area contributed by atoms with Crippen molar-refractivity contribution in [3.63, 3.8) is 0 Å². The number of nitrogens with zero attached hydrogens (tertiary/aromatic N) is 1. The van der Waals surface area contributed by atoms with Crippen LogP contribution < -0.4 is 0 Å². The summed E-state index contributed by atoms with van der Waals surface area (Å²) in [6, 6.07) is 6.88. The average molecular weight is 339 g/mol. The van der Waals surface area contributed by atoms with Gasteiger partial charge in [0.1, 0.15) is 0 Å². The number of carbonyl (C=O) groups excluding carboxylic acids is 1. The van der Waals surface area contributed by atoms with E-state index in [4.69, 9.17) is 4.74 Å². The molecule has 0 N–H and O–H groups in total. The van der Waals surface area contributed by atoms with E-state index in [2.05, 4.69) is 0 Å². The molecule has 0 fully saturated rings. The molecule has 1 aromatic carbocycles. The number of hydrogen-bond acceptors (Lipinski definition) is 3. The van der Waals surface area contributed by atoms with Crippen LogP contribution >= 0.6 is 11.3 Å². The molecule has 3 aromatic rings. The van der Waals surface area contributed by atoms with Gasteiger partial charge in [-0.2, -0.15) is 13.2 Å². The highest BCUT2D eigenvalue weighted by atomic mass is 32.1. The zero-order valence-electron chi connectivity index (χ0n) is 12.1. The molecule has 120 valence electrons. The first-order valence-corrected chi connectivity index (χ1v) is 7.59. The maximum absolute atomic E-state index is 12.6. The molecule has 23 heavy (non-hydrogen) atoms. The molecule has 0 bridgehead atoms. The Hall–Kier alpha value is -2.28. The van der Waals surface area contributed by atoms with Crippen molar-refractivity contribution in [2.24, 2.45) is 0 Å². The lowest BCUT2D eigenvalue weighted by Gasteiger charge is -2.09. The number of carbonyl (C=O) groups is 1. The zero-order valence-corrected chi connectivity index (χ0v) is 12.9. The SMILES string of the molecule is COC(=O)c1csc2ccn(Cc3ccc(C(F)(F)F)cc3)c12. The summed E-state index contributed by atoms with van der Waals surface area (Å²) in [5, 5.41) is 1.72. The number of thiophene rings is 1. The van der Waals surface area contributed by atoms with Crippen LogP contribution in [0.4, 0.5) is 13.2 Å². The number of fused-ring (bicyclic) bond motifs is 1. The molecule has 0 amide bonds. The molecule has 0 saturated carbocycles. The molecular formula is C16H12F3NO2S. The van der Waals surface area contributed by atoms with Gasteiger partial charge in [0.25, 0.3) is 0 Å². The lowest BCUT2D eigenvalue weighted by atomic mass is 10.1. The second kappa shape index (κ2) is 5.73. The van der Waals surface area contributed by atoms with Gasteiger partial charge in [-0.05, 0) is 23.8 Å². The molecule has 0 aliphatic rings. The summed E-state index contributed by atoms with van der Waals surface area (Å²) < 4.78 is 45.3. The van der Waals surface area contributed by atoms with Crippen molar-refractivity contribution in [1.29, 1.82) is 0 Å².